The molecule has 0 spiro atoms. The Balaban J connectivity index is 1.65. The van der Waals surface area contributed by atoms with Crippen molar-refractivity contribution in [3.8, 4) is 11.5 Å². The van der Waals surface area contributed by atoms with Gasteiger partial charge in [0.25, 0.3) is 0 Å². The number of imide groups is 2. The van der Waals surface area contributed by atoms with Crippen LogP contribution in [0.2, 0.25) is 0 Å². The van der Waals surface area contributed by atoms with E-state index >= 15 is 0 Å². The van der Waals surface area contributed by atoms with Crippen LogP contribution in [-0.2, 0) is 14.4 Å². The normalized spacial score (nSPS) is 16.8. The van der Waals surface area contributed by atoms with Gasteiger partial charge in [-0.15, -0.1) is 0 Å². The molecule has 27 heavy (non-hydrogen) atoms. The zero-order chi connectivity index (χ0) is 19.6. The minimum absolute atomic E-state index is 0.0151. The lowest BCUT2D eigenvalue weighted by Crippen LogP contribution is -2.39. The Hall–Kier alpha value is -3.10. The molecule has 9 nitrogen and oxygen atoms in total. The Morgan fingerprint density at radius 3 is 2.44 bits per heavy atom. The summed E-state index contributed by atoms with van der Waals surface area (Å²) in [5.41, 5.74) is 0.439. The van der Waals surface area contributed by atoms with Crippen LogP contribution in [0.25, 0.3) is 0 Å². The van der Waals surface area contributed by atoms with Crippen LogP contribution in [0.5, 0.6) is 11.5 Å². The molecule has 1 aromatic rings. The Kier molecular flexibility index (Phi) is 5.29. The van der Waals surface area contributed by atoms with E-state index in [1.165, 1.54) is 0 Å². The molecule has 0 bridgehead atoms. The third kappa shape index (κ3) is 4.02. The summed E-state index contributed by atoms with van der Waals surface area (Å²) in [5, 5.41) is 2.60. The SMILES string of the molecule is CC(C)CN1C(=O)C(=O)N(CC(=O)Nc2ccc3c(c2)OCCCO3)C1=O. The standard InChI is InChI=1S/C18H21N3O6/c1-11(2)9-20-16(23)17(24)21(18(20)25)10-15(22)19-12-4-5-13-14(8-12)27-7-3-6-26-13/h4-5,8,11H,3,6-7,9-10H2,1-2H3,(H,19,22). The number of amides is 5. The number of carbonyl (C=O) groups is 4. The number of benzene rings is 1. The fourth-order valence-electron chi connectivity index (χ4n) is 2.80. The van der Waals surface area contributed by atoms with Crippen LogP contribution in [-0.4, -0.2) is 59.9 Å². The van der Waals surface area contributed by atoms with Crippen LogP contribution < -0.4 is 14.8 Å². The van der Waals surface area contributed by atoms with Crippen molar-refractivity contribution in [2.75, 3.05) is 31.6 Å². The molecule has 1 fully saturated rings. The van der Waals surface area contributed by atoms with Crippen LogP contribution in [0.4, 0.5) is 10.5 Å². The van der Waals surface area contributed by atoms with Gasteiger partial charge in [0.2, 0.25) is 5.91 Å². The maximum Gasteiger partial charge on any atom is 0.334 e. The Bertz CT molecular complexity index is 791. The predicted octanol–water partition coefficient (Wildman–Crippen LogP) is 1.23. The van der Waals surface area contributed by atoms with Crippen molar-refractivity contribution in [2.24, 2.45) is 5.92 Å². The van der Waals surface area contributed by atoms with Gasteiger partial charge >= 0.3 is 17.8 Å². The van der Waals surface area contributed by atoms with Gasteiger partial charge < -0.3 is 14.8 Å². The molecule has 0 saturated carbocycles. The summed E-state index contributed by atoms with van der Waals surface area (Å²) < 4.78 is 11.1. The summed E-state index contributed by atoms with van der Waals surface area (Å²) in [6.07, 6.45) is 0.760. The highest BCUT2D eigenvalue weighted by molar-refractivity contribution is 6.45. The van der Waals surface area contributed by atoms with Crippen LogP contribution >= 0.6 is 0 Å². The van der Waals surface area contributed by atoms with Crippen LogP contribution in [0.3, 0.4) is 0 Å². The molecule has 3 rings (SSSR count). The summed E-state index contributed by atoms with van der Waals surface area (Å²) in [6, 6.07) is 4.15. The first-order valence-electron chi connectivity index (χ1n) is 8.73. The first kappa shape index (κ1) is 18.7. The number of hydrogen-bond acceptors (Lipinski definition) is 6. The number of rotatable bonds is 5. The lowest BCUT2D eigenvalue weighted by atomic mass is 10.2. The van der Waals surface area contributed by atoms with E-state index in [4.69, 9.17) is 9.47 Å². The van der Waals surface area contributed by atoms with Gasteiger partial charge in [-0.25, -0.2) is 9.69 Å². The number of urea groups is 1. The number of nitrogens with one attached hydrogen (secondary N) is 1. The highest BCUT2D eigenvalue weighted by Crippen LogP contribution is 2.32. The van der Waals surface area contributed by atoms with E-state index < -0.39 is 30.3 Å². The van der Waals surface area contributed by atoms with Crippen molar-refractivity contribution in [1.29, 1.82) is 0 Å². The van der Waals surface area contributed by atoms with Crippen molar-refractivity contribution >= 4 is 29.4 Å². The second kappa shape index (κ2) is 7.65. The first-order chi connectivity index (χ1) is 12.9. The van der Waals surface area contributed by atoms with Gasteiger partial charge in [-0.1, -0.05) is 13.8 Å². The van der Waals surface area contributed by atoms with Gasteiger partial charge in [0.1, 0.15) is 6.54 Å². The number of carbonyl (C=O) groups excluding carboxylic acids is 4. The van der Waals surface area contributed by atoms with Gasteiger partial charge in [-0.3, -0.25) is 19.3 Å². The summed E-state index contributed by atoms with van der Waals surface area (Å²) in [4.78, 5) is 50.0. The molecular formula is C18H21N3O6. The summed E-state index contributed by atoms with van der Waals surface area (Å²) in [6.45, 7) is 4.30. The number of anilines is 1. The van der Waals surface area contributed by atoms with E-state index in [0.29, 0.717) is 35.3 Å². The Morgan fingerprint density at radius 1 is 1.07 bits per heavy atom. The molecule has 144 valence electrons. The fraction of sp³-hybridized carbons (Fsp3) is 0.444. The smallest absolute Gasteiger partial charge is 0.334 e. The quantitative estimate of drug-likeness (QED) is 0.613. The number of ether oxygens (including phenoxy) is 2. The second-order valence-electron chi connectivity index (χ2n) is 6.74. The van der Waals surface area contributed by atoms with Crippen LogP contribution in [0.15, 0.2) is 18.2 Å². The Labute approximate surface area is 156 Å². The number of fused-ring (bicyclic) bond motifs is 1. The molecule has 0 aliphatic carbocycles. The highest BCUT2D eigenvalue weighted by Gasteiger charge is 2.45. The molecule has 1 aromatic carbocycles. The van der Waals surface area contributed by atoms with Gasteiger partial charge in [-0.05, 0) is 18.1 Å². The van der Waals surface area contributed by atoms with Crippen LogP contribution in [0, 0.1) is 5.92 Å². The minimum Gasteiger partial charge on any atom is -0.490 e. The predicted molar refractivity (Wildman–Crippen MR) is 94.3 cm³/mol. The van der Waals surface area contributed by atoms with Crippen molar-refractivity contribution in [3.05, 3.63) is 18.2 Å². The zero-order valence-corrected chi connectivity index (χ0v) is 15.2. The summed E-state index contributed by atoms with van der Waals surface area (Å²) >= 11 is 0. The molecule has 2 aliphatic heterocycles. The van der Waals surface area contributed by atoms with Gasteiger partial charge in [0, 0.05) is 24.7 Å². The molecule has 1 N–H and O–H groups in total. The Morgan fingerprint density at radius 2 is 1.74 bits per heavy atom. The summed E-state index contributed by atoms with van der Waals surface area (Å²) in [5.74, 6) is -1.37. The van der Waals surface area contributed by atoms with Crippen molar-refractivity contribution < 1.29 is 28.7 Å². The molecule has 9 heteroatoms. The van der Waals surface area contributed by atoms with Gasteiger partial charge in [0.15, 0.2) is 11.5 Å². The molecule has 0 unspecified atom stereocenters. The molecule has 0 radical (unpaired) electrons. The van der Waals surface area contributed by atoms with E-state index in [9.17, 15) is 19.2 Å². The molecule has 0 aromatic heterocycles. The summed E-state index contributed by atoms with van der Waals surface area (Å²) in [7, 11) is 0. The van der Waals surface area contributed by atoms with Gasteiger partial charge in [-0.2, -0.15) is 0 Å². The van der Waals surface area contributed by atoms with Crippen molar-refractivity contribution in [3.63, 3.8) is 0 Å². The number of hydrogen-bond donors (Lipinski definition) is 1. The first-order valence-corrected chi connectivity index (χ1v) is 8.73. The maximum atomic E-state index is 12.3. The van der Waals surface area contributed by atoms with Crippen molar-refractivity contribution in [1.82, 2.24) is 9.80 Å². The van der Waals surface area contributed by atoms with E-state index in [2.05, 4.69) is 5.32 Å². The molecule has 1 saturated heterocycles. The highest BCUT2D eigenvalue weighted by atomic mass is 16.5. The minimum atomic E-state index is -0.991. The molecule has 2 heterocycles. The van der Waals surface area contributed by atoms with E-state index in [-0.39, 0.29) is 12.5 Å². The lowest BCUT2D eigenvalue weighted by molar-refractivity contribution is -0.143. The van der Waals surface area contributed by atoms with E-state index in [1.807, 2.05) is 13.8 Å². The average Bonchev–Trinajstić information content (AvgIpc) is 2.80. The molecule has 2 aliphatic rings. The van der Waals surface area contributed by atoms with E-state index in [0.717, 1.165) is 11.3 Å². The van der Waals surface area contributed by atoms with Gasteiger partial charge in [0.05, 0.1) is 13.2 Å². The maximum absolute atomic E-state index is 12.3. The zero-order valence-electron chi connectivity index (χ0n) is 15.2. The monoisotopic (exact) mass is 375 g/mol. The molecule has 0 atom stereocenters. The topological polar surface area (TPSA) is 105 Å². The van der Waals surface area contributed by atoms with Crippen LogP contribution in [0.1, 0.15) is 20.3 Å². The average molecular weight is 375 g/mol. The molecular weight excluding hydrogens is 354 g/mol. The lowest BCUT2D eigenvalue weighted by Gasteiger charge is -2.17. The second-order valence-corrected chi connectivity index (χ2v) is 6.74. The number of nitrogens with zero attached hydrogens (tertiary/aromatic N) is 2. The molecule has 5 amide bonds. The van der Waals surface area contributed by atoms with Crippen molar-refractivity contribution in [2.45, 2.75) is 20.3 Å². The third-order valence-corrected chi connectivity index (χ3v) is 4.02. The fourth-order valence-corrected chi connectivity index (χ4v) is 2.80. The largest absolute Gasteiger partial charge is 0.490 e. The van der Waals surface area contributed by atoms with E-state index in [1.54, 1.807) is 18.2 Å². The third-order valence-electron chi connectivity index (χ3n) is 4.02.